The molecule has 3 aromatic rings. The van der Waals surface area contributed by atoms with Crippen LogP contribution < -0.4 is 14.5 Å². The number of rotatable bonds is 4. The number of piperazine rings is 1. The van der Waals surface area contributed by atoms with Crippen LogP contribution in [0, 0.1) is 0 Å². The van der Waals surface area contributed by atoms with E-state index in [1.807, 2.05) is 23.9 Å². The lowest BCUT2D eigenvalue weighted by atomic mass is 10.1. The molecule has 2 aromatic heterocycles. The summed E-state index contributed by atoms with van der Waals surface area (Å²) in [7, 11) is 5.84. The number of ether oxygens (including phenoxy) is 1. The lowest BCUT2D eigenvalue weighted by molar-refractivity contribution is 0.311. The zero-order valence-corrected chi connectivity index (χ0v) is 17.3. The number of hydrogen-bond donors (Lipinski definition) is 0. The van der Waals surface area contributed by atoms with Crippen molar-refractivity contribution >= 4 is 22.8 Å². The molecular weight excluding hydrogens is 366 g/mol. The second-order valence-corrected chi connectivity index (χ2v) is 7.93. The average molecular weight is 393 g/mol. The Bertz CT molecular complexity index is 1020. The van der Waals surface area contributed by atoms with Gasteiger partial charge in [0.25, 0.3) is 0 Å². The summed E-state index contributed by atoms with van der Waals surface area (Å²) < 4.78 is 7.20. The molecule has 2 aliphatic rings. The zero-order chi connectivity index (χ0) is 20.0. The van der Waals surface area contributed by atoms with Crippen molar-refractivity contribution in [1.29, 1.82) is 0 Å². The number of aryl methyl sites for hydroxylation is 1. The van der Waals surface area contributed by atoms with Gasteiger partial charge in [-0.05, 0) is 24.7 Å². The number of hydrogen-bond acceptors (Lipinski definition) is 7. The molecule has 0 amide bonds. The highest BCUT2D eigenvalue weighted by Crippen LogP contribution is 2.34. The minimum atomic E-state index is 0.812. The molecule has 0 aliphatic carbocycles. The van der Waals surface area contributed by atoms with Crippen LogP contribution in [0.15, 0.2) is 24.3 Å². The maximum absolute atomic E-state index is 5.29. The van der Waals surface area contributed by atoms with Crippen LogP contribution in [0.4, 0.5) is 11.8 Å². The van der Waals surface area contributed by atoms with Gasteiger partial charge in [-0.25, -0.2) is 4.68 Å². The van der Waals surface area contributed by atoms with Gasteiger partial charge in [-0.3, -0.25) is 0 Å². The molecule has 1 aromatic carbocycles. The van der Waals surface area contributed by atoms with Gasteiger partial charge >= 0.3 is 0 Å². The second-order valence-electron chi connectivity index (χ2n) is 7.93. The van der Waals surface area contributed by atoms with E-state index in [1.165, 1.54) is 5.56 Å². The third-order valence-electron chi connectivity index (χ3n) is 5.96. The van der Waals surface area contributed by atoms with Crippen molar-refractivity contribution in [3.8, 4) is 5.75 Å². The zero-order valence-electron chi connectivity index (χ0n) is 17.3. The minimum Gasteiger partial charge on any atom is -0.497 e. The molecule has 1 fully saturated rings. The molecule has 29 heavy (non-hydrogen) atoms. The fraction of sp³-hybridized carbons (Fsp3) is 0.476. The van der Waals surface area contributed by atoms with Crippen LogP contribution in [0.5, 0.6) is 5.75 Å². The molecule has 8 heteroatoms. The molecule has 152 valence electrons. The number of benzene rings is 1. The Labute approximate surface area is 170 Å². The Morgan fingerprint density at radius 1 is 0.966 bits per heavy atom. The van der Waals surface area contributed by atoms with E-state index >= 15 is 0 Å². The molecule has 2 aliphatic heterocycles. The maximum atomic E-state index is 5.29. The lowest BCUT2D eigenvalue weighted by Crippen LogP contribution is -2.45. The van der Waals surface area contributed by atoms with E-state index in [1.54, 1.807) is 7.11 Å². The highest BCUT2D eigenvalue weighted by molar-refractivity contribution is 5.92. The molecule has 0 saturated carbocycles. The van der Waals surface area contributed by atoms with E-state index in [4.69, 9.17) is 19.8 Å². The first-order valence-corrected chi connectivity index (χ1v) is 10.2. The quantitative estimate of drug-likeness (QED) is 0.668. The third kappa shape index (κ3) is 3.27. The van der Waals surface area contributed by atoms with Crippen LogP contribution in [-0.4, -0.2) is 71.5 Å². The number of methoxy groups -OCH3 is 1. The Kier molecular flexibility index (Phi) is 4.50. The van der Waals surface area contributed by atoms with Gasteiger partial charge in [0.15, 0.2) is 5.65 Å². The fourth-order valence-corrected chi connectivity index (χ4v) is 4.20. The van der Waals surface area contributed by atoms with E-state index < -0.39 is 0 Å². The molecular formula is C21H27N7O. The van der Waals surface area contributed by atoms with Crippen molar-refractivity contribution in [2.45, 2.75) is 13.0 Å². The van der Waals surface area contributed by atoms with E-state index in [-0.39, 0.29) is 0 Å². The van der Waals surface area contributed by atoms with Crippen molar-refractivity contribution in [3.63, 3.8) is 0 Å². The summed E-state index contributed by atoms with van der Waals surface area (Å²) in [6.07, 6.45) is 0.914. The molecule has 0 radical (unpaired) electrons. The summed E-state index contributed by atoms with van der Waals surface area (Å²) in [6.45, 7) is 5.68. The molecule has 0 atom stereocenters. The summed E-state index contributed by atoms with van der Waals surface area (Å²) in [5.74, 6) is 2.70. The Morgan fingerprint density at radius 3 is 2.45 bits per heavy atom. The van der Waals surface area contributed by atoms with Crippen molar-refractivity contribution < 1.29 is 4.74 Å². The molecule has 8 nitrogen and oxygen atoms in total. The van der Waals surface area contributed by atoms with Crippen LogP contribution in [0.3, 0.4) is 0 Å². The van der Waals surface area contributed by atoms with Gasteiger partial charge in [0.1, 0.15) is 11.6 Å². The van der Waals surface area contributed by atoms with Gasteiger partial charge in [-0.2, -0.15) is 15.1 Å². The van der Waals surface area contributed by atoms with E-state index in [0.717, 1.165) is 79.9 Å². The van der Waals surface area contributed by atoms with Crippen LogP contribution >= 0.6 is 0 Å². The predicted molar refractivity (Wildman–Crippen MR) is 114 cm³/mol. The normalized spacial score (nSPS) is 17.2. The Morgan fingerprint density at radius 2 is 1.72 bits per heavy atom. The largest absolute Gasteiger partial charge is 0.497 e. The molecule has 5 rings (SSSR count). The number of anilines is 2. The highest BCUT2D eigenvalue weighted by Gasteiger charge is 2.28. The predicted octanol–water partition coefficient (Wildman–Crippen LogP) is 1.69. The summed E-state index contributed by atoms with van der Waals surface area (Å²) in [6, 6.07) is 8.27. The van der Waals surface area contributed by atoms with Crippen LogP contribution in [0.25, 0.3) is 11.0 Å². The first-order chi connectivity index (χ1) is 14.1. The molecule has 0 bridgehead atoms. The monoisotopic (exact) mass is 393 g/mol. The number of likely N-dealkylation sites (N-methyl/N-ethyl adjacent to an activating group) is 1. The topological polar surface area (TPSA) is 62.6 Å². The number of nitrogens with zero attached hydrogens (tertiary/aromatic N) is 7. The first-order valence-electron chi connectivity index (χ1n) is 10.2. The Balaban J connectivity index is 1.52. The summed E-state index contributed by atoms with van der Waals surface area (Å²) in [5.41, 5.74) is 3.28. The van der Waals surface area contributed by atoms with Gasteiger partial charge in [0, 0.05) is 52.7 Å². The smallest absolute Gasteiger partial charge is 0.229 e. The van der Waals surface area contributed by atoms with Gasteiger partial charge in [-0.15, -0.1) is 0 Å². The van der Waals surface area contributed by atoms with Gasteiger partial charge < -0.3 is 19.4 Å². The maximum Gasteiger partial charge on any atom is 0.229 e. The van der Waals surface area contributed by atoms with Gasteiger partial charge in [0.2, 0.25) is 5.95 Å². The SMILES string of the molecule is COc1ccc(CN2CCc3nn(C)c4nc(N5CCN(C)CC5)nc2c34)cc1. The van der Waals surface area contributed by atoms with Gasteiger partial charge in [-0.1, -0.05) is 12.1 Å². The molecule has 0 spiro atoms. The van der Waals surface area contributed by atoms with Crippen molar-refractivity contribution in [2.24, 2.45) is 7.05 Å². The molecule has 1 saturated heterocycles. The minimum absolute atomic E-state index is 0.812. The molecule has 4 heterocycles. The first kappa shape index (κ1) is 18.2. The van der Waals surface area contributed by atoms with Crippen molar-refractivity contribution in [2.75, 3.05) is 56.7 Å². The van der Waals surface area contributed by atoms with E-state index in [2.05, 4.69) is 33.9 Å². The van der Waals surface area contributed by atoms with Crippen LogP contribution in [-0.2, 0) is 20.0 Å². The third-order valence-corrected chi connectivity index (χ3v) is 5.96. The Hall–Kier alpha value is -2.87. The van der Waals surface area contributed by atoms with Crippen molar-refractivity contribution in [3.05, 3.63) is 35.5 Å². The summed E-state index contributed by atoms with van der Waals surface area (Å²) >= 11 is 0. The number of aromatic nitrogens is 4. The highest BCUT2D eigenvalue weighted by atomic mass is 16.5. The lowest BCUT2D eigenvalue weighted by Gasteiger charge is -2.34. The summed E-state index contributed by atoms with van der Waals surface area (Å²) in [4.78, 5) is 17.0. The van der Waals surface area contributed by atoms with Crippen LogP contribution in [0.1, 0.15) is 11.3 Å². The standard InChI is InChI=1S/C21H27N7O/c1-25-10-12-27(13-11-25)21-22-19-18-17(24-26(19)2)8-9-28(20(18)23-21)14-15-4-6-16(29-3)7-5-15/h4-7H,8-14H2,1-3H3. The van der Waals surface area contributed by atoms with E-state index in [0.29, 0.717) is 0 Å². The molecule has 0 unspecified atom stereocenters. The van der Waals surface area contributed by atoms with E-state index in [9.17, 15) is 0 Å². The second kappa shape index (κ2) is 7.18. The molecule has 0 N–H and O–H groups in total. The summed E-state index contributed by atoms with van der Waals surface area (Å²) in [5, 5.41) is 5.83. The van der Waals surface area contributed by atoms with Crippen molar-refractivity contribution in [1.82, 2.24) is 24.6 Å². The van der Waals surface area contributed by atoms with Crippen LogP contribution in [0.2, 0.25) is 0 Å². The van der Waals surface area contributed by atoms with Gasteiger partial charge in [0.05, 0.1) is 18.2 Å². The fourth-order valence-electron chi connectivity index (χ4n) is 4.20. The average Bonchev–Trinajstić information content (AvgIpc) is 3.07.